The van der Waals surface area contributed by atoms with Crippen molar-refractivity contribution in [2.75, 3.05) is 12.3 Å². The molecule has 1 saturated heterocycles. The van der Waals surface area contributed by atoms with Crippen molar-refractivity contribution in [3.05, 3.63) is 64.7 Å². The molecule has 3 rings (SSSR count). The van der Waals surface area contributed by atoms with E-state index in [0.717, 1.165) is 23.3 Å². The topological polar surface area (TPSA) is 37.4 Å². The number of hydrogen-bond donors (Lipinski definition) is 0. The van der Waals surface area contributed by atoms with Crippen molar-refractivity contribution in [1.29, 1.82) is 0 Å². The third-order valence-electron chi connectivity index (χ3n) is 3.94. The Morgan fingerprint density at radius 1 is 1.13 bits per heavy atom. The molecule has 1 atom stereocenters. The van der Waals surface area contributed by atoms with Crippen molar-refractivity contribution in [2.45, 2.75) is 23.6 Å². The first-order chi connectivity index (χ1) is 11.0. The lowest BCUT2D eigenvalue weighted by Crippen LogP contribution is -2.30. The molecule has 0 aromatic heterocycles. The molecule has 2 aromatic rings. The van der Waals surface area contributed by atoms with Crippen molar-refractivity contribution in [3.63, 3.8) is 0 Å². The summed E-state index contributed by atoms with van der Waals surface area (Å²) in [5.74, 6) is 0.791. The molecule has 1 aliphatic rings. The predicted octanol–water partition coefficient (Wildman–Crippen LogP) is 4.34. The zero-order valence-corrected chi connectivity index (χ0v) is 15.2. The molecule has 0 aliphatic carbocycles. The highest BCUT2D eigenvalue weighted by Crippen LogP contribution is 2.41. The third-order valence-corrected chi connectivity index (χ3v) is 7.47. The van der Waals surface area contributed by atoms with E-state index in [-0.39, 0.29) is 5.37 Å². The summed E-state index contributed by atoms with van der Waals surface area (Å²) in [5, 5.41) is 0.462. The molecule has 23 heavy (non-hydrogen) atoms. The van der Waals surface area contributed by atoms with Gasteiger partial charge in [-0.1, -0.05) is 42.8 Å². The van der Waals surface area contributed by atoms with Crippen LogP contribution < -0.4 is 0 Å². The fourth-order valence-electron chi connectivity index (χ4n) is 2.62. The Morgan fingerprint density at radius 2 is 1.78 bits per heavy atom. The fourth-order valence-corrected chi connectivity index (χ4v) is 5.99. The van der Waals surface area contributed by atoms with Crippen LogP contribution in [-0.4, -0.2) is 25.0 Å². The van der Waals surface area contributed by atoms with Gasteiger partial charge in [-0.15, -0.1) is 11.8 Å². The van der Waals surface area contributed by atoms with E-state index in [1.54, 1.807) is 40.3 Å². The summed E-state index contributed by atoms with van der Waals surface area (Å²) in [4.78, 5) is 0.358. The van der Waals surface area contributed by atoms with Crippen LogP contribution in [-0.2, 0) is 16.4 Å². The van der Waals surface area contributed by atoms with Crippen LogP contribution in [0.4, 0.5) is 0 Å². The van der Waals surface area contributed by atoms with Crippen LogP contribution in [0.3, 0.4) is 0 Å². The molecule has 1 unspecified atom stereocenters. The van der Waals surface area contributed by atoms with Crippen molar-refractivity contribution in [3.8, 4) is 0 Å². The van der Waals surface area contributed by atoms with Gasteiger partial charge in [0.2, 0.25) is 10.0 Å². The minimum Gasteiger partial charge on any atom is -0.207 e. The molecule has 0 radical (unpaired) electrons. The Bertz CT molecular complexity index is 773. The first kappa shape index (κ1) is 16.8. The smallest absolute Gasteiger partial charge is 0.207 e. The molecule has 3 nitrogen and oxygen atoms in total. The summed E-state index contributed by atoms with van der Waals surface area (Å²) in [6.07, 6.45) is 0.896. The summed E-state index contributed by atoms with van der Waals surface area (Å²) >= 11 is 7.57. The van der Waals surface area contributed by atoms with Gasteiger partial charge in [0.05, 0.1) is 10.3 Å². The van der Waals surface area contributed by atoms with Gasteiger partial charge in [-0.3, -0.25) is 0 Å². The molecule has 1 fully saturated rings. The van der Waals surface area contributed by atoms with Crippen LogP contribution in [0.2, 0.25) is 5.02 Å². The van der Waals surface area contributed by atoms with Gasteiger partial charge in [0.15, 0.2) is 0 Å². The minimum atomic E-state index is -3.49. The zero-order valence-electron chi connectivity index (χ0n) is 12.8. The van der Waals surface area contributed by atoms with Crippen LogP contribution in [0.25, 0.3) is 0 Å². The Labute approximate surface area is 146 Å². The first-order valence-corrected chi connectivity index (χ1v) is 10.4. The monoisotopic (exact) mass is 367 g/mol. The Morgan fingerprint density at radius 3 is 2.39 bits per heavy atom. The van der Waals surface area contributed by atoms with Crippen molar-refractivity contribution in [1.82, 2.24) is 4.31 Å². The van der Waals surface area contributed by atoms with Gasteiger partial charge in [-0.2, -0.15) is 4.31 Å². The van der Waals surface area contributed by atoms with Gasteiger partial charge >= 0.3 is 0 Å². The summed E-state index contributed by atoms with van der Waals surface area (Å²) in [7, 11) is -3.49. The van der Waals surface area contributed by atoms with Gasteiger partial charge in [-0.05, 0) is 41.8 Å². The minimum absolute atomic E-state index is 0.192. The predicted molar refractivity (Wildman–Crippen MR) is 96.4 cm³/mol. The van der Waals surface area contributed by atoms with Crippen LogP contribution in [0.1, 0.15) is 23.4 Å². The maximum atomic E-state index is 13.0. The van der Waals surface area contributed by atoms with Crippen molar-refractivity contribution in [2.24, 2.45) is 0 Å². The van der Waals surface area contributed by atoms with Gasteiger partial charge in [0.25, 0.3) is 0 Å². The summed E-state index contributed by atoms with van der Waals surface area (Å²) in [6, 6.07) is 14.6. The second kappa shape index (κ2) is 6.85. The normalized spacial score (nSPS) is 19.1. The van der Waals surface area contributed by atoms with Gasteiger partial charge in [0.1, 0.15) is 0 Å². The van der Waals surface area contributed by atoms with E-state index in [2.05, 4.69) is 6.92 Å². The van der Waals surface area contributed by atoms with E-state index in [1.165, 1.54) is 0 Å². The van der Waals surface area contributed by atoms with E-state index >= 15 is 0 Å². The molecule has 0 amide bonds. The van der Waals surface area contributed by atoms with E-state index in [9.17, 15) is 8.42 Å². The highest BCUT2D eigenvalue weighted by molar-refractivity contribution is 8.01. The van der Waals surface area contributed by atoms with Crippen LogP contribution in [0, 0.1) is 0 Å². The van der Waals surface area contributed by atoms with E-state index in [1.807, 2.05) is 24.3 Å². The lowest BCUT2D eigenvalue weighted by Gasteiger charge is -2.23. The highest BCUT2D eigenvalue weighted by atomic mass is 35.5. The molecule has 0 spiro atoms. The highest BCUT2D eigenvalue weighted by Gasteiger charge is 2.36. The Balaban J connectivity index is 1.92. The Kier molecular flexibility index (Phi) is 5.01. The SMILES string of the molecule is CCc1ccc(S(=O)(=O)N2CCSC2c2ccc(Cl)cc2)cc1. The van der Waals surface area contributed by atoms with Gasteiger partial charge in [0, 0.05) is 17.3 Å². The quantitative estimate of drug-likeness (QED) is 0.806. The van der Waals surface area contributed by atoms with Crippen molar-refractivity contribution < 1.29 is 8.42 Å². The number of sulfonamides is 1. The number of halogens is 1. The maximum absolute atomic E-state index is 13.0. The number of benzene rings is 2. The van der Waals surface area contributed by atoms with E-state index in [0.29, 0.717) is 16.5 Å². The zero-order chi connectivity index (χ0) is 16.4. The van der Waals surface area contributed by atoms with E-state index in [4.69, 9.17) is 11.6 Å². The third kappa shape index (κ3) is 3.43. The van der Waals surface area contributed by atoms with Crippen LogP contribution in [0.5, 0.6) is 0 Å². The van der Waals surface area contributed by atoms with Crippen LogP contribution in [0.15, 0.2) is 53.4 Å². The van der Waals surface area contributed by atoms with E-state index < -0.39 is 10.0 Å². The lowest BCUT2D eigenvalue weighted by molar-refractivity contribution is 0.434. The largest absolute Gasteiger partial charge is 0.244 e. The number of nitrogens with zero attached hydrogens (tertiary/aromatic N) is 1. The first-order valence-electron chi connectivity index (χ1n) is 7.50. The molecule has 1 aliphatic heterocycles. The van der Waals surface area contributed by atoms with Gasteiger partial charge < -0.3 is 0 Å². The van der Waals surface area contributed by atoms with Gasteiger partial charge in [-0.25, -0.2) is 8.42 Å². The number of thioether (sulfide) groups is 1. The van der Waals surface area contributed by atoms with Crippen molar-refractivity contribution >= 4 is 33.4 Å². The molecule has 0 saturated carbocycles. The second-order valence-corrected chi connectivity index (χ2v) is 8.90. The molecule has 6 heteroatoms. The number of rotatable bonds is 4. The molecular formula is C17H18ClNO2S2. The lowest BCUT2D eigenvalue weighted by atomic mass is 10.2. The summed E-state index contributed by atoms with van der Waals surface area (Å²) in [5.41, 5.74) is 2.10. The Hall–Kier alpha value is -1.01. The fraction of sp³-hybridized carbons (Fsp3) is 0.294. The summed E-state index contributed by atoms with van der Waals surface area (Å²) in [6.45, 7) is 2.58. The van der Waals surface area contributed by atoms with Crippen LogP contribution >= 0.6 is 23.4 Å². The molecule has 122 valence electrons. The average Bonchev–Trinajstić information content (AvgIpc) is 3.06. The second-order valence-electron chi connectivity index (χ2n) is 5.39. The molecule has 2 aromatic carbocycles. The number of hydrogen-bond acceptors (Lipinski definition) is 3. The average molecular weight is 368 g/mol. The molecule has 1 heterocycles. The standard InChI is InChI=1S/C17H18ClNO2S2/c1-2-13-3-9-16(10-4-13)23(20,21)19-11-12-22-17(19)14-5-7-15(18)8-6-14/h3-10,17H,2,11-12H2,1H3. The molecule has 0 bridgehead atoms. The number of aryl methyl sites for hydroxylation is 1. The molecular weight excluding hydrogens is 350 g/mol. The summed E-state index contributed by atoms with van der Waals surface area (Å²) < 4.78 is 27.5. The molecule has 0 N–H and O–H groups in total. The maximum Gasteiger partial charge on any atom is 0.244 e.